The third-order valence-electron chi connectivity index (χ3n) is 5.37. The van der Waals surface area contributed by atoms with Gasteiger partial charge in [0.2, 0.25) is 18.0 Å². The second-order valence-electron chi connectivity index (χ2n) is 7.67. The molecule has 4 rings (SSSR count). The highest BCUT2D eigenvalue weighted by Gasteiger charge is 2.34. The lowest BCUT2D eigenvalue weighted by atomic mass is 10.0. The van der Waals surface area contributed by atoms with Crippen LogP contribution in [0.25, 0.3) is 0 Å². The van der Waals surface area contributed by atoms with Crippen LogP contribution >= 0.6 is 0 Å². The summed E-state index contributed by atoms with van der Waals surface area (Å²) in [5.74, 6) is -0.911. The first kappa shape index (κ1) is 19.8. The van der Waals surface area contributed by atoms with Gasteiger partial charge in [-0.05, 0) is 25.8 Å². The Morgan fingerprint density at radius 3 is 2.43 bits per heavy atom. The van der Waals surface area contributed by atoms with Crippen LogP contribution in [0, 0.1) is 5.92 Å². The summed E-state index contributed by atoms with van der Waals surface area (Å²) in [6.07, 6.45) is 0.620. The number of rotatable bonds is 5. The third-order valence-corrected chi connectivity index (χ3v) is 5.37. The molecule has 0 unspecified atom stereocenters. The van der Waals surface area contributed by atoms with Crippen LogP contribution < -0.4 is 15.5 Å². The molecular formula is C23H24N4O3. The van der Waals surface area contributed by atoms with Crippen LogP contribution in [0.4, 0.5) is 5.69 Å². The summed E-state index contributed by atoms with van der Waals surface area (Å²) < 4.78 is 0. The van der Waals surface area contributed by atoms with Crippen LogP contribution in [0.2, 0.25) is 0 Å². The van der Waals surface area contributed by atoms with Crippen molar-refractivity contribution < 1.29 is 14.4 Å². The minimum absolute atomic E-state index is 0.00287. The smallest absolute Gasteiger partial charge is 0.272 e. The highest BCUT2D eigenvalue weighted by molar-refractivity contribution is 6.20. The van der Waals surface area contributed by atoms with Crippen molar-refractivity contribution in [2.45, 2.75) is 32.0 Å². The number of carbonyl (C=O) groups excluding carboxylic acids is 3. The van der Waals surface area contributed by atoms with Gasteiger partial charge in [-0.2, -0.15) is 0 Å². The molecule has 2 atom stereocenters. The van der Waals surface area contributed by atoms with E-state index in [4.69, 9.17) is 0 Å². The monoisotopic (exact) mass is 404 g/mol. The zero-order chi connectivity index (χ0) is 21.3. The van der Waals surface area contributed by atoms with Crippen LogP contribution in [0.1, 0.15) is 30.9 Å². The van der Waals surface area contributed by atoms with E-state index >= 15 is 0 Å². The maximum absolute atomic E-state index is 13.1. The van der Waals surface area contributed by atoms with E-state index in [0.717, 1.165) is 29.7 Å². The van der Waals surface area contributed by atoms with E-state index < -0.39 is 18.1 Å². The number of aliphatic imine (C=N–C) groups is 1. The van der Waals surface area contributed by atoms with Crippen molar-refractivity contribution in [1.29, 1.82) is 0 Å². The Labute approximate surface area is 175 Å². The number of nitrogens with zero attached hydrogens (tertiary/aromatic N) is 2. The fraction of sp³-hybridized carbons (Fsp3) is 0.304. The Balaban J connectivity index is 1.64. The molecule has 1 heterocycles. The van der Waals surface area contributed by atoms with Crippen molar-refractivity contribution in [2.75, 3.05) is 11.9 Å². The molecule has 2 aromatic rings. The third kappa shape index (κ3) is 3.96. The van der Waals surface area contributed by atoms with Gasteiger partial charge in [0, 0.05) is 24.1 Å². The molecule has 154 valence electrons. The van der Waals surface area contributed by atoms with Crippen molar-refractivity contribution >= 4 is 29.1 Å². The first-order valence-electron chi connectivity index (χ1n) is 10.1. The molecule has 3 amide bonds. The van der Waals surface area contributed by atoms with Gasteiger partial charge in [-0.1, -0.05) is 48.5 Å². The number of para-hydroxylation sites is 1. The number of anilines is 1. The number of benzodiazepines with no additional fused rings is 1. The summed E-state index contributed by atoms with van der Waals surface area (Å²) in [6, 6.07) is 16.3. The van der Waals surface area contributed by atoms with Gasteiger partial charge in [0.1, 0.15) is 6.04 Å². The van der Waals surface area contributed by atoms with Crippen LogP contribution in [-0.2, 0) is 14.4 Å². The van der Waals surface area contributed by atoms with E-state index in [-0.39, 0.29) is 17.7 Å². The molecule has 0 bridgehead atoms. The molecule has 1 aliphatic heterocycles. The molecular weight excluding hydrogens is 380 g/mol. The van der Waals surface area contributed by atoms with Crippen LogP contribution in [0.15, 0.2) is 59.6 Å². The molecule has 2 aliphatic rings. The second kappa shape index (κ2) is 8.10. The maximum atomic E-state index is 13.1. The van der Waals surface area contributed by atoms with E-state index in [1.807, 2.05) is 54.6 Å². The highest BCUT2D eigenvalue weighted by atomic mass is 16.2. The Hall–Kier alpha value is -3.48. The molecule has 1 fully saturated rings. The van der Waals surface area contributed by atoms with Gasteiger partial charge in [-0.3, -0.25) is 14.4 Å². The maximum Gasteiger partial charge on any atom is 0.272 e. The molecule has 30 heavy (non-hydrogen) atoms. The average Bonchev–Trinajstić information content (AvgIpc) is 3.61. The molecule has 2 aromatic carbocycles. The number of hydrogen-bond acceptors (Lipinski definition) is 4. The van der Waals surface area contributed by atoms with Gasteiger partial charge in [0.25, 0.3) is 5.91 Å². The Bertz CT molecular complexity index is 1010. The van der Waals surface area contributed by atoms with E-state index in [2.05, 4.69) is 15.6 Å². The number of likely N-dealkylation sites (N-methyl/N-ethyl adjacent to an activating group) is 1. The summed E-state index contributed by atoms with van der Waals surface area (Å²) in [4.78, 5) is 43.9. The Kier molecular flexibility index (Phi) is 5.35. The number of benzene rings is 2. The minimum atomic E-state index is -1.09. The zero-order valence-electron chi connectivity index (χ0n) is 17.0. The van der Waals surface area contributed by atoms with Gasteiger partial charge in [0.15, 0.2) is 0 Å². The zero-order valence-corrected chi connectivity index (χ0v) is 17.0. The first-order valence-corrected chi connectivity index (χ1v) is 10.1. The molecule has 7 nitrogen and oxygen atoms in total. The molecule has 1 saturated carbocycles. The lowest BCUT2D eigenvalue weighted by molar-refractivity contribution is -0.131. The molecule has 0 saturated heterocycles. The average molecular weight is 404 g/mol. The minimum Gasteiger partial charge on any atom is -0.344 e. The fourth-order valence-corrected chi connectivity index (χ4v) is 3.44. The van der Waals surface area contributed by atoms with E-state index in [1.165, 1.54) is 4.90 Å². The summed E-state index contributed by atoms with van der Waals surface area (Å²) in [5.41, 5.74) is 3.01. The summed E-state index contributed by atoms with van der Waals surface area (Å²) >= 11 is 0. The predicted molar refractivity (Wildman–Crippen MR) is 114 cm³/mol. The van der Waals surface area contributed by atoms with Gasteiger partial charge in [-0.15, -0.1) is 0 Å². The molecule has 2 N–H and O–H groups in total. The second-order valence-corrected chi connectivity index (χ2v) is 7.67. The summed E-state index contributed by atoms with van der Waals surface area (Å²) in [5, 5.41) is 5.41. The Morgan fingerprint density at radius 1 is 1.07 bits per heavy atom. The van der Waals surface area contributed by atoms with Crippen molar-refractivity contribution in [3.05, 3.63) is 65.7 Å². The molecule has 0 spiro atoms. The SMILES string of the molecule is C[C@H](NC(=O)C1CC1)C(=O)N[C@H]1N=C(c2ccccc2)c2ccccc2N(C)C1=O. The normalized spacial score (nSPS) is 19.3. The van der Waals surface area contributed by atoms with Gasteiger partial charge in [-0.25, -0.2) is 4.99 Å². The number of amides is 3. The van der Waals surface area contributed by atoms with Gasteiger partial charge >= 0.3 is 0 Å². The number of nitrogens with one attached hydrogen (secondary N) is 2. The number of hydrogen-bond donors (Lipinski definition) is 2. The molecule has 7 heteroatoms. The van der Waals surface area contributed by atoms with Crippen molar-refractivity contribution in [3.63, 3.8) is 0 Å². The number of carbonyl (C=O) groups is 3. The standard InChI is InChI=1S/C23H24N4O3/c1-14(24-22(29)16-12-13-16)21(28)26-20-23(30)27(2)18-11-7-6-10-17(18)19(25-20)15-8-4-3-5-9-15/h3-11,14,16,20H,12-13H2,1-2H3,(H,24,29)(H,26,28)/t14-,20+/m0/s1. The molecule has 0 aromatic heterocycles. The summed E-state index contributed by atoms with van der Waals surface area (Å²) in [6.45, 7) is 1.61. The van der Waals surface area contributed by atoms with Crippen molar-refractivity contribution in [3.8, 4) is 0 Å². The van der Waals surface area contributed by atoms with Gasteiger partial charge < -0.3 is 15.5 Å². The van der Waals surface area contributed by atoms with Crippen LogP contribution in [0.5, 0.6) is 0 Å². The van der Waals surface area contributed by atoms with Gasteiger partial charge in [0.05, 0.1) is 11.4 Å². The lowest BCUT2D eigenvalue weighted by Gasteiger charge is -2.22. The Morgan fingerprint density at radius 2 is 1.73 bits per heavy atom. The van der Waals surface area contributed by atoms with Crippen LogP contribution in [0.3, 0.4) is 0 Å². The van der Waals surface area contributed by atoms with Crippen molar-refractivity contribution in [1.82, 2.24) is 10.6 Å². The molecule has 0 radical (unpaired) electrons. The topological polar surface area (TPSA) is 90.9 Å². The largest absolute Gasteiger partial charge is 0.344 e. The lowest BCUT2D eigenvalue weighted by Crippen LogP contribution is -2.52. The first-order chi connectivity index (χ1) is 14.5. The highest BCUT2D eigenvalue weighted by Crippen LogP contribution is 2.29. The van der Waals surface area contributed by atoms with E-state index in [1.54, 1.807) is 14.0 Å². The number of fused-ring (bicyclic) bond motifs is 1. The van der Waals surface area contributed by atoms with E-state index in [0.29, 0.717) is 5.71 Å². The van der Waals surface area contributed by atoms with Crippen LogP contribution in [-0.4, -0.2) is 42.7 Å². The fourth-order valence-electron chi connectivity index (χ4n) is 3.44. The summed E-state index contributed by atoms with van der Waals surface area (Å²) in [7, 11) is 1.67. The van der Waals surface area contributed by atoms with Crippen molar-refractivity contribution in [2.24, 2.45) is 10.9 Å². The van der Waals surface area contributed by atoms with E-state index in [9.17, 15) is 14.4 Å². The predicted octanol–water partition coefficient (Wildman–Crippen LogP) is 1.86. The molecule has 1 aliphatic carbocycles. The quantitative estimate of drug-likeness (QED) is 0.797.